The summed E-state index contributed by atoms with van der Waals surface area (Å²) < 4.78 is 17.9. The molecule has 2 amide bonds. The van der Waals surface area contributed by atoms with Gasteiger partial charge in [0, 0.05) is 12.2 Å². The van der Waals surface area contributed by atoms with Crippen molar-refractivity contribution in [2.45, 2.75) is 83.1 Å². The summed E-state index contributed by atoms with van der Waals surface area (Å²) in [5.74, 6) is -2.22. The third-order valence-electron chi connectivity index (χ3n) is 9.60. The molecule has 3 saturated heterocycles. The highest BCUT2D eigenvalue weighted by atomic mass is 16.6. The van der Waals surface area contributed by atoms with Crippen LogP contribution in [0.5, 0.6) is 5.75 Å². The van der Waals surface area contributed by atoms with Crippen LogP contribution in [0.25, 0.3) is 0 Å². The molecule has 9 heteroatoms. The Bertz CT molecular complexity index is 1200. The standard InChI is InChI=1S/C34H48N2O7/c1-8-10-11-12-18-42-32(40)28-27-30(38)36(25(21-37)19-22(3)4)29(34(27)20-23(5)33(28,6)43-34)31(39)35(17-9-2)24-13-15-26(41-7)16-14-24/h8-9,13-16,22-23,25,27-29,37H,1-2,10-12,17-21H2,3-7H3/t23?,25-,27+,28+,29?,33-,34?/m1/s1. The van der Waals surface area contributed by atoms with Crippen LogP contribution in [-0.4, -0.2) is 77.9 Å². The van der Waals surface area contributed by atoms with Gasteiger partial charge in [-0.05, 0) is 75.1 Å². The van der Waals surface area contributed by atoms with E-state index in [9.17, 15) is 19.5 Å². The van der Waals surface area contributed by atoms with Crippen molar-refractivity contribution in [3.05, 3.63) is 49.6 Å². The number of esters is 1. The van der Waals surface area contributed by atoms with Crippen LogP contribution in [0.4, 0.5) is 5.69 Å². The van der Waals surface area contributed by atoms with Crippen LogP contribution < -0.4 is 9.64 Å². The van der Waals surface area contributed by atoms with Gasteiger partial charge < -0.3 is 29.1 Å². The first kappa shape index (κ1) is 32.7. The quantitative estimate of drug-likeness (QED) is 0.180. The highest BCUT2D eigenvalue weighted by molar-refractivity contribution is 6.05. The van der Waals surface area contributed by atoms with E-state index in [4.69, 9.17) is 14.2 Å². The molecular formula is C34H48N2O7. The van der Waals surface area contributed by atoms with Gasteiger partial charge in [-0.15, -0.1) is 13.2 Å². The zero-order valence-corrected chi connectivity index (χ0v) is 26.3. The second-order valence-electron chi connectivity index (χ2n) is 12.8. The maximum atomic E-state index is 14.8. The number of unbranched alkanes of at least 4 members (excludes halogenated alkanes) is 2. The molecule has 1 aromatic rings. The lowest BCUT2D eigenvalue weighted by atomic mass is 9.62. The van der Waals surface area contributed by atoms with E-state index in [1.807, 2.05) is 33.8 Å². The summed E-state index contributed by atoms with van der Waals surface area (Å²) >= 11 is 0. The van der Waals surface area contributed by atoms with E-state index >= 15 is 0 Å². The van der Waals surface area contributed by atoms with Crippen molar-refractivity contribution < 1.29 is 33.7 Å². The van der Waals surface area contributed by atoms with Gasteiger partial charge in [-0.2, -0.15) is 0 Å². The molecule has 0 aliphatic carbocycles. The fourth-order valence-electron chi connectivity index (χ4n) is 7.54. The van der Waals surface area contributed by atoms with Crippen molar-refractivity contribution in [1.29, 1.82) is 0 Å². The number of benzene rings is 1. The number of carbonyl (C=O) groups excluding carboxylic acids is 3. The number of ether oxygens (including phenoxy) is 3. The van der Waals surface area contributed by atoms with E-state index in [-0.39, 0.29) is 43.4 Å². The Labute approximate surface area is 255 Å². The Morgan fingerprint density at radius 2 is 1.91 bits per heavy atom. The molecule has 0 radical (unpaired) electrons. The van der Waals surface area contributed by atoms with E-state index < -0.39 is 41.1 Å². The number of carbonyl (C=O) groups is 3. The first-order valence-corrected chi connectivity index (χ1v) is 15.5. The van der Waals surface area contributed by atoms with Crippen molar-refractivity contribution >= 4 is 23.5 Å². The van der Waals surface area contributed by atoms with Crippen molar-refractivity contribution in [2.24, 2.45) is 23.7 Å². The van der Waals surface area contributed by atoms with Gasteiger partial charge in [0.05, 0.1) is 37.9 Å². The molecule has 7 atom stereocenters. The maximum Gasteiger partial charge on any atom is 0.312 e. The summed E-state index contributed by atoms with van der Waals surface area (Å²) in [5.41, 5.74) is -1.60. The van der Waals surface area contributed by atoms with Crippen molar-refractivity contribution in [1.82, 2.24) is 4.90 Å². The van der Waals surface area contributed by atoms with Crippen molar-refractivity contribution in [3.63, 3.8) is 0 Å². The van der Waals surface area contributed by atoms with Gasteiger partial charge in [-0.25, -0.2) is 0 Å². The number of aliphatic hydroxyl groups is 1. The number of hydrogen-bond donors (Lipinski definition) is 1. The van der Waals surface area contributed by atoms with E-state index in [1.54, 1.807) is 42.4 Å². The lowest BCUT2D eigenvalue weighted by Gasteiger charge is -2.40. The fourth-order valence-corrected chi connectivity index (χ4v) is 7.54. The van der Waals surface area contributed by atoms with Crippen LogP contribution in [0.1, 0.15) is 59.8 Å². The number of aliphatic hydroxyl groups excluding tert-OH is 1. The Morgan fingerprint density at radius 1 is 1.21 bits per heavy atom. The third kappa shape index (κ3) is 5.74. The van der Waals surface area contributed by atoms with E-state index in [2.05, 4.69) is 13.2 Å². The van der Waals surface area contributed by atoms with Crippen molar-refractivity contribution in [3.8, 4) is 5.75 Å². The van der Waals surface area contributed by atoms with Crippen LogP contribution in [0, 0.1) is 23.7 Å². The zero-order valence-electron chi connectivity index (χ0n) is 26.3. The van der Waals surface area contributed by atoms with E-state index in [0.717, 1.165) is 12.8 Å². The number of nitrogens with zero attached hydrogens (tertiary/aromatic N) is 2. The van der Waals surface area contributed by atoms with Gasteiger partial charge in [0.2, 0.25) is 5.91 Å². The number of fused-ring (bicyclic) bond motifs is 1. The topological polar surface area (TPSA) is 106 Å². The lowest BCUT2D eigenvalue weighted by molar-refractivity contribution is -0.162. The lowest BCUT2D eigenvalue weighted by Crippen LogP contribution is -2.59. The van der Waals surface area contributed by atoms with Crippen LogP contribution >= 0.6 is 0 Å². The van der Waals surface area contributed by atoms with Gasteiger partial charge in [-0.1, -0.05) is 32.9 Å². The van der Waals surface area contributed by atoms with Crippen LogP contribution in [0.2, 0.25) is 0 Å². The summed E-state index contributed by atoms with van der Waals surface area (Å²) in [6.45, 7) is 15.6. The van der Waals surface area contributed by atoms with Crippen LogP contribution in [0.3, 0.4) is 0 Å². The van der Waals surface area contributed by atoms with Gasteiger partial charge in [-0.3, -0.25) is 14.4 Å². The Hall–Kier alpha value is -3.17. The average Bonchev–Trinajstić information content (AvgIpc) is 3.50. The molecule has 9 nitrogen and oxygen atoms in total. The molecule has 3 fully saturated rings. The fraction of sp³-hybridized carbons (Fsp3) is 0.618. The van der Waals surface area contributed by atoms with Gasteiger partial charge >= 0.3 is 5.97 Å². The Balaban J connectivity index is 1.79. The predicted molar refractivity (Wildman–Crippen MR) is 164 cm³/mol. The number of anilines is 1. The number of rotatable bonds is 15. The monoisotopic (exact) mass is 596 g/mol. The molecule has 1 aromatic carbocycles. The van der Waals surface area contributed by atoms with E-state index in [0.29, 0.717) is 30.7 Å². The van der Waals surface area contributed by atoms with Crippen LogP contribution in [-0.2, 0) is 23.9 Å². The smallest absolute Gasteiger partial charge is 0.312 e. The molecule has 43 heavy (non-hydrogen) atoms. The number of hydrogen-bond acceptors (Lipinski definition) is 7. The van der Waals surface area contributed by atoms with Gasteiger partial charge in [0.1, 0.15) is 23.3 Å². The van der Waals surface area contributed by atoms with E-state index in [1.165, 1.54) is 4.90 Å². The van der Waals surface area contributed by atoms with Gasteiger partial charge in [0.15, 0.2) is 0 Å². The van der Waals surface area contributed by atoms with Gasteiger partial charge in [0.25, 0.3) is 5.91 Å². The molecule has 3 aliphatic rings. The first-order chi connectivity index (χ1) is 20.5. The molecule has 1 spiro atoms. The molecule has 2 bridgehead atoms. The molecular weight excluding hydrogens is 548 g/mol. The third-order valence-corrected chi connectivity index (χ3v) is 9.60. The number of allylic oxidation sites excluding steroid dienone is 1. The molecule has 4 rings (SSSR count). The summed E-state index contributed by atoms with van der Waals surface area (Å²) in [7, 11) is 1.57. The number of amides is 2. The molecule has 0 saturated carbocycles. The molecule has 3 heterocycles. The maximum absolute atomic E-state index is 14.8. The van der Waals surface area contributed by atoms with Crippen molar-refractivity contribution in [2.75, 3.05) is 31.8 Å². The predicted octanol–water partition coefficient (Wildman–Crippen LogP) is 4.53. The van der Waals surface area contributed by atoms with Crippen LogP contribution in [0.15, 0.2) is 49.6 Å². The number of methoxy groups -OCH3 is 1. The molecule has 3 aliphatic heterocycles. The number of likely N-dealkylation sites (tertiary alicyclic amines) is 1. The highest BCUT2D eigenvalue weighted by Gasteiger charge is 2.80. The Kier molecular flexibility index (Phi) is 10.1. The second-order valence-corrected chi connectivity index (χ2v) is 12.8. The summed E-state index contributed by atoms with van der Waals surface area (Å²) in [4.78, 5) is 46.2. The molecule has 0 aromatic heterocycles. The highest BCUT2D eigenvalue weighted by Crippen LogP contribution is 2.65. The molecule has 1 N–H and O–H groups in total. The first-order valence-electron chi connectivity index (χ1n) is 15.5. The zero-order chi connectivity index (χ0) is 31.5. The summed E-state index contributed by atoms with van der Waals surface area (Å²) in [6.07, 6.45) is 6.75. The summed E-state index contributed by atoms with van der Waals surface area (Å²) in [5, 5.41) is 10.6. The largest absolute Gasteiger partial charge is 0.497 e. The SMILES string of the molecule is C=CCCCCOC(=O)[C@@H]1[C@H]2C(=O)N([C@@H](CO)CC(C)C)C(C(=O)N(CC=C)c3ccc(OC)cc3)C23CC(C)[C@@]1(C)O3. The average molecular weight is 597 g/mol. The normalized spacial score (nSPS) is 29.8. The second kappa shape index (κ2) is 13.2. The minimum absolute atomic E-state index is 0.114. The molecule has 3 unspecified atom stereocenters. The Morgan fingerprint density at radius 3 is 2.49 bits per heavy atom. The minimum Gasteiger partial charge on any atom is -0.497 e. The molecule has 236 valence electrons. The summed E-state index contributed by atoms with van der Waals surface area (Å²) in [6, 6.07) is 5.46. The minimum atomic E-state index is -1.24.